The second kappa shape index (κ2) is 7.20. The summed E-state index contributed by atoms with van der Waals surface area (Å²) in [5.74, 6) is 1.06. The molecule has 1 aromatic heterocycles. The van der Waals surface area contributed by atoms with Crippen LogP contribution in [0.4, 0.5) is 0 Å². The first-order chi connectivity index (χ1) is 12.5. The van der Waals surface area contributed by atoms with Gasteiger partial charge in [-0.05, 0) is 49.1 Å². The number of hydrogen-bond donors (Lipinski definition) is 0. The van der Waals surface area contributed by atoms with E-state index in [-0.39, 0.29) is 5.97 Å². The molecule has 5 nitrogen and oxygen atoms in total. The van der Waals surface area contributed by atoms with Gasteiger partial charge in [-0.25, -0.2) is 9.78 Å². The van der Waals surface area contributed by atoms with Gasteiger partial charge in [0.25, 0.3) is 0 Å². The number of benzene rings is 2. The van der Waals surface area contributed by atoms with Crippen molar-refractivity contribution in [3.8, 4) is 5.75 Å². The Kier molecular flexibility index (Phi) is 4.98. The fourth-order valence-electron chi connectivity index (χ4n) is 3.17. The van der Waals surface area contributed by atoms with Crippen LogP contribution in [0, 0.1) is 13.8 Å². The summed E-state index contributed by atoms with van der Waals surface area (Å²) < 4.78 is 13.0. The average Bonchev–Trinajstić information content (AvgIpc) is 2.94. The smallest absolute Gasteiger partial charge is 0.338 e. The highest BCUT2D eigenvalue weighted by atomic mass is 16.5. The molecule has 3 rings (SSSR count). The largest absolute Gasteiger partial charge is 0.487 e. The normalized spacial score (nSPS) is 11.0. The lowest BCUT2D eigenvalue weighted by Crippen LogP contribution is -2.05. The van der Waals surface area contributed by atoms with Crippen LogP contribution in [0.2, 0.25) is 0 Å². The number of aryl methyl sites for hydroxylation is 4. The number of rotatable bonds is 5. The maximum absolute atomic E-state index is 12.0. The van der Waals surface area contributed by atoms with Crippen molar-refractivity contribution in [3.05, 3.63) is 58.4 Å². The van der Waals surface area contributed by atoms with Crippen molar-refractivity contribution < 1.29 is 14.3 Å². The minimum atomic E-state index is -0.388. The number of esters is 1. The fraction of sp³-hybridized carbons (Fsp3) is 0.333. The van der Waals surface area contributed by atoms with Gasteiger partial charge in [0.1, 0.15) is 23.7 Å². The number of carbonyl (C=O) groups is 1. The zero-order chi connectivity index (χ0) is 18.8. The second-order valence-corrected chi connectivity index (χ2v) is 6.41. The van der Waals surface area contributed by atoms with Crippen molar-refractivity contribution in [2.24, 2.45) is 7.05 Å². The molecule has 26 heavy (non-hydrogen) atoms. The Balaban J connectivity index is 2.04. The SMILES string of the molecule is CCc1cccc(C)c1COc1cc(C(=O)OC)cc2c1nc(C)n2C. The van der Waals surface area contributed by atoms with Crippen LogP contribution in [0.5, 0.6) is 5.75 Å². The van der Waals surface area contributed by atoms with E-state index in [1.165, 1.54) is 23.8 Å². The van der Waals surface area contributed by atoms with Crippen LogP contribution < -0.4 is 4.74 Å². The third-order valence-electron chi connectivity index (χ3n) is 4.86. The Bertz CT molecular complexity index is 973. The van der Waals surface area contributed by atoms with Gasteiger partial charge in [-0.3, -0.25) is 0 Å². The van der Waals surface area contributed by atoms with Crippen LogP contribution in [-0.4, -0.2) is 22.6 Å². The van der Waals surface area contributed by atoms with Crippen molar-refractivity contribution in [1.82, 2.24) is 9.55 Å². The minimum Gasteiger partial charge on any atom is -0.487 e. The highest BCUT2D eigenvalue weighted by Crippen LogP contribution is 2.29. The second-order valence-electron chi connectivity index (χ2n) is 6.41. The molecule has 0 aliphatic heterocycles. The molecule has 3 aromatic rings. The molecule has 0 saturated heterocycles. The Labute approximate surface area is 153 Å². The first-order valence-corrected chi connectivity index (χ1v) is 8.71. The van der Waals surface area contributed by atoms with Gasteiger partial charge >= 0.3 is 5.97 Å². The van der Waals surface area contributed by atoms with E-state index < -0.39 is 0 Å². The van der Waals surface area contributed by atoms with Crippen LogP contribution in [0.1, 0.15) is 39.8 Å². The molecule has 5 heteroatoms. The number of aromatic nitrogens is 2. The summed E-state index contributed by atoms with van der Waals surface area (Å²) in [4.78, 5) is 16.7. The maximum Gasteiger partial charge on any atom is 0.338 e. The maximum atomic E-state index is 12.0. The highest BCUT2D eigenvalue weighted by molar-refractivity contribution is 5.96. The molecule has 0 aliphatic rings. The van der Waals surface area contributed by atoms with E-state index in [1.807, 2.05) is 18.5 Å². The molecule has 0 amide bonds. The Morgan fingerprint density at radius 2 is 2.00 bits per heavy atom. The Hall–Kier alpha value is -2.82. The fourth-order valence-corrected chi connectivity index (χ4v) is 3.17. The number of methoxy groups -OCH3 is 1. The molecule has 0 saturated carbocycles. The third kappa shape index (κ3) is 3.17. The van der Waals surface area contributed by atoms with E-state index in [0.29, 0.717) is 17.9 Å². The van der Waals surface area contributed by atoms with Gasteiger partial charge < -0.3 is 14.0 Å². The molecular formula is C21H24N2O3. The molecule has 0 fully saturated rings. The van der Waals surface area contributed by atoms with Gasteiger partial charge in [-0.2, -0.15) is 0 Å². The van der Waals surface area contributed by atoms with E-state index in [9.17, 15) is 4.79 Å². The van der Waals surface area contributed by atoms with Crippen molar-refractivity contribution in [1.29, 1.82) is 0 Å². The van der Waals surface area contributed by atoms with Gasteiger partial charge in [0.15, 0.2) is 0 Å². The van der Waals surface area contributed by atoms with E-state index >= 15 is 0 Å². The average molecular weight is 352 g/mol. The summed E-state index contributed by atoms with van der Waals surface area (Å²) >= 11 is 0. The Morgan fingerprint density at radius 3 is 2.69 bits per heavy atom. The standard InChI is InChI=1S/C21H24N2O3/c1-6-15-9-7-8-13(2)17(15)12-26-19-11-16(21(24)25-5)10-18-20(19)22-14(3)23(18)4/h7-11H,6,12H2,1-5H3. The van der Waals surface area contributed by atoms with E-state index in [2.05, 4.69) is 37.0 Å². The zero-order valence-corrected chi connectivity index (χ0v) is 15.9. The number of fused-ring (bicyclic) bond motifs is 1. The first kappa shape index (κ1) is 18.0. The third-order valence-corrected chi connectivity index (χ3v) is 4.86. The van der Waals surface area contributed by atoms with Gasteiger partial charge in [-0.15, -0.1) is 0 Å². The number of imidazole rings is 1. The van der Waals surface area contributed by atoms with Crippen LogP contribution >= 0.6 is 0 Å². The molecule has 0 spiro atoms. The van der Waals surface area contributed by atoms with Crippen molar-refractivity contribution in [3.63, 3.8) is 0 Å². The Morgan fingerprint density at radius 1 is 1.23 bits per heavy atom. The highest BCUT2D eigenvalue weighted by Gasteiger charge is 2.17. The van der Waals surface area contributed by atoms with Gasteiger partial charge in [0.05, 0.1) is 18.2 Å². The van der Waals surface area contributed by atoms with Crippen LogP contribution in [-0.2, 0) is 24.8 Å². The molecule has 0 aliphatic carbocycles. The molecular weight excluding hydrogens is 328 g/mol. The predicted octanol–water partition coefficient (Wildman–Crippen LogP) is 4.12. The number of ether oxygens (including phenoxy) is 2. The van der Waals surface area contributed by atoms with Crippen LogP contribution in [0.15, 0.2) is 30.3 Å². The van der Waals surface area contributed by atoms with Crippen molar-refractivity contribution in [2.75, 3.05) is 7.11 Å². The van der Waals surface area contributed by atoms with Crippen molar-refractivity contribution in [2.45, 2.75) is 33.8 Å². The summed E-state index contributed by atoms with van der Waals surface area (Å²) in [7, 11) is 3.30. The molecule has 136 valence electrons. The predicted molar refractivity (Wildman–Crippen MR) is 102 cm³/mol. The molecule has 2 aromatic carbocycles. The van der Waals surface area contributed by atoms with Crippen LogP contribution in [0.25, 0.3) is 11.0 Å². The number of carbonyl (C=O) groups excluding carboxylic acids is 1. The lowest BCUT2D eigenvalue weighted by atomic mass is 10.0. The molecule has 0 N–H and O–H groups in total. The minimum absolute atomic E-state index is 0.388. The van der Waals surface area contributed by atoms with Crippen LogP contribution in [0.3, 0.4) is 0 Å². The van der Waals surface area contributed by atoms with E-state index in [1.54, 1.807) is 12.1 Å². The van der Waals surface area contributed by atoms with Gasteiger partial charge in [0.2, 0.25) is 0 Å². The topological polar surface area (TPSA) is 53.4 Å². The molecule has 0 atom stereocenters. The van der Waals surface area contributed by atoms with Gasteiger partial charge in [-0.1, -0.05) is 25.1 Å². The quantitative estimate of drug-likeness (QED) is 0.648. The van der Waals surface area contributed by atoms with E-state index in [4.69, 9.17) is 9.47 Å². The molecule has 0 bridgehead atoms. The summed E-state index contributed by atoms with van der Waals surface area (Å²) in [5, 5.41) is 0. The monoisotopic (exact) mass is 352 g/mol. The zero-order valence-electron chi connectivity index (χ0n) is 15.9. The molecule has 0 radical (unpaired) electrons. The molecule has 0 unspecified atom stereocenters. The summed E-state index contributed by atoms with van der Waals surface area (Å²) in [6, 6.07) is 9.78. The van der Waals surface area contributed by atoms with E-state index in [0.717, 1.165) is 23.3 Å². The summed E-state index contributed by atoms with van der Waals surface area (Å²) in [5.41, 5.74) is 5.70. The number of hydrogen-bond acceptors (Lipinski definition) is 4. The molecule has 1 heterocycles. The van der Waals surface area contributed by atoms with Crippen molar-refractivity contribution >= 4 is 17.0 Å². The summed E-state index contributed by atoms with van der Waals surface area (Å²) in [6.07, 6.45) is 0.945. The van der Waals surface area contributed by atoms with Gasteiger partial charge in [0, 0.05) is 7.05 Å². The lowest BCUT2D eigenvalue weighted by Gasteiger charge is -2.14. The summed E-state index contributed by atoms with van der Waals surface area (Å²) in [6.45, 7) is 6.59. The first-order valence-electron chi connectivity index (χ1n) is 8.71. The number of nitrogens with zero attached hydrogens (tertiary/aromatic N) is 2. The lowest BCUT2D eigenvalue weighted by molar-refractivity contribution is 0.0600.